The zero-order valence-corrected chi connectivity index (χ0v) is 9.95. The molecule has 2 nitrogen and oxygen atoms in total. The van der Waals surface area contributed by atoms with Gasteiger partial charge >= 0.3 is 0 Å². The molecule has 0 radical (unpaired) electrons. The lowest BCUT2D eigenvalue weighted by atomic mass is 10.6. The average molecular weight is 190 g/mol. The van der Waals surface area contributed by atoms with Crippen molar-refractivity contribution in [1.29, 1.82) is 0 Å². The Morgan fingerprint density at radius 1 is 1.00 bits per heavy atom. The largest absolute Gasteiger partial charge is 0.385 e. The fourth-order valence-electron chi connectivity index (χ4n) is 0.971. The Hall–Kier alpha value is 0.137. The van der Waals surface area contributed by atoms with Gasteiger partial charge in [-0.1, -0.05) is 13.8 Å². The highest BCUT2D eigenvalue weighted by Crippen LogP contribution is 2.07. The molecule has 0 atom stereocenters. The molecule has 0 unspecified atom stereocenters. The monoisotopic (exact) mass is 190 g/mol. The van der Waals surface area contributed by atoms with Crippen molar-refractivity contribution in [3.8, 4) is 0 Å². The second-order valence-electron chi connectivity index (χ2n) is 3.32. The molecule has 0 aromatic rings. The quantitative estimate of drug-likeness (QED) is 0.570. The second kappa shape index (κ2) is 7.77. The first-order chi connectivity index (χ1) is 5.72. The lowest BCUT2D eigenvalue weighted by Crippen LogP contribution is -2.30. The summed E-state index contributed by atoms with van der Waals surface area (Å²) < 4.78 is 10.9. The van der Waals surface area contributed by atoms with Gasteiger partial charge in [0.25, 0.3) is 0 Å². The summed E-state index contributed by atoms with van der Waals surface area (Å²) in [6, 6.07) is 0. The molecule has 0 amide bonds. The summed E-state index contributed by atoms with van der Waals surface area (Å²) in [4.78, 5) is 0. The van der Waals surface area contributed by atoms with Gasteiger partial charge in [0.2, 0.25) is 0 Å². The number of hydrogen-bond acceptors (Lipinski definition) is 2. The Bertz CT molecular complexity index is 88.5. The molecule has 0 aliphatic rings. The van der Waals surface area contributed by atoms with Crippen LogP contribution in [0.2, 0.25) is 5.54 Å². The molecule has 0 aromatic carbocycles. The zero-order valence-electron chi connectivity index (χ0n) is 8.80. The van der Waals surface area contributed by atoms with E-state index in [1.54, 1.807) is 0 Å². The highest BCUT2D eigenvalue weighted by atomic mass is 28.3. The van der Waals surface area contributed by atoms with Crippen LogP contribution < -0.4 is 0 Å². The summed E-state index contributed by atoms with van der Waals surface area (Å²) >= 11 is 0. The van der Waals surface area contributed by atoms with Crippen LogP contribution in [0.5, 0.6) is 0 Å². The van der Waals surface area contributed by atoms with Crippen LogP contribution in [0.25, 0.3) is 0 Å². The summed E-state index contributed by atoms with van der Waals surface area (Å²) in [5, 5.41) is 0. The second-order valence-corrected chi connectivity index (χ2v) is 6.84. The zero-order chi connectivity index (χ0) is 9.40. The molecule has 0 saturated carbocycles. The van der Waals surface area contributed by atoms with Gasteiger partial charge in [-0.2, -0.15) is 0 Å². The summed E-state index contributed by atoms with van der Waals surface area (Å²) in [6.45, 7) is 10.3. The molecule has 0 spiro atoms. The molecular formula is C9H22O2Si. The Morgan fingerprint density at radius 2 is 1.42 bits per heavy atom. The fourth-order valence-corrected chi connectivity index (χ4v) is 2.91. The van der Waals surface area contributed by atoms with Crippen molar-refractivity contribution in [2.75, 3.05) is 25.7 Å². The van der Waals surface area contributed by atoms with Crippen molar-refractivity contribution in [3.05, 3.63) is 0 Å². The van der Waals surface area contributed by atoms with Gasteiger partial charge in [0.15, 0.2) is 0 Å². The van der Waals surface area contributed by atoms with Gasteiger partial charge in [-0.25, -0.2) is 0 Å². The third-order valence-electron chi connectivity index (χ3n) is 2.01. The van der Waals surface area contributed by atoms with Gasteiger partial charge in [0.1, 0.15) is 0 Å². The van der Waals surface area contributed by atoms with Crippen molar-refractivity contribution in [1.82, 2.24) is 0 Å². The van der Waals surface area contributed by atoms with E-state index in [2.05, 4.69) is 13.8 Å². The number of hydrogen-bond donors (Lipinski definition) is 0. The molecule has 0 fully saturated rings. The summed E-state index contributed by atoms with van der Waals surface area (Å²) in [7, 11) is -0.787. The minimum atomic E-state index is -0.787. The third-order valence-corrected chi connectivity index (χ3v) is 5.23. The predicted molar refractivity (Wildman–Crippen MR) is 55.2 cm³/mol. The van der Waals surface area contributed by atoms with E-state index in [-0.39, 0.29) is 0 Å². The fraction of sp³-hybridized carbons (Fsp3) is 1.00. The van der Waals surface area contributed by atoms with Crippen LogP contribution in [0.4, 0.5) is 0 Å². The maximum absolute atomic E-state index is 5.44. The van der Waals surface area contributed by atoms with E-state index >= 15 is 0 Å². The van der Waals surface area contributed by atoms with Crippen molar-refractivity contribution < 1.29 is 9.47 Å². The van der Waals surface area contributed by atoms with Crippen LogP contribution in [0.15, 0.2) is 0 Å². The topological polar surface area (TPSA) is 18.5 Å². The Balaban J connectivity index is 3.55. The van der Waals surface area contributed by atoms with Crippen LogP contribution in [0.3, 0.4) is 0 Å². The number of rotatable bonds is 7. The van der Waals surface area contributed by atoms with E-state index in [1.807, 2.05) is 13.8 Å². The van der Waals surface area contributed by atoms with Crippen LogP contribution in [-0.2, 0) is 9.47 Å². The smallest absolute Gasteiger partial charge is 0.1000 e. The van der Waals surface area contributed by atoms with Crippen LogP contribution >= 0.6 is 0 Å². The molecule has 0 rings (SSSR count). The third kappa shape index (κ3) is 5.74. The van der Waals surface area contributed by atoms with E-state index in [0.717, 1.165) is 31.2 Å². The SMILES string of the molecule is CCOC[SiH](COCC)C(C)C. The van der Waals surface area contributed by atoms with Crippen molar-refractivity contribution >= 4 is 8.80 Å². The standard InChI is InChI=1S/C9H22O2Si/c1-5-10-7-12(9(3)4)8-11-6-2/h9,12H,5-8H2,1-4H3. The Kier molecular flexibility index (Phi) is 7.86. The van der Waals surface area contributed by atoms with Crippen molar-refractivity contribution in [3.63, 3.8) is 0 Å². The first-order valence-electron chi connectivity index (χ1n) is 4.87. The molecule has 3 heteroatoms. The molecule has 0 aliphatic carbocycles. The molecule has 0 saturated heterocycles. The van der Waals surface area contributed by atoms with Gasteiger partial charge in [0.05, 0.1) is 8.80 Å². The Labute approximate surface area is 77.9 Å². The maximum Gasteiger partial charge on any atom is 0.1000 e. The van der Waals surface area contributed by atoms with E-state index in [0.29, 0.717) is 0 Å². The van der Waals surface area contributed by atoms with E-state index < -0.39 is 8.80 Å². The van der Waals surface area contributed by atoms with E-state index in [9.17, 15) is 0 Å². The van der Waals surface area contributed by atoms with Gasteiger partial charge in [-0.15, -0.1) is 0 Å². The Morgan fingerprint density at radius 3 is 1.67 bits per heavy atom. The molecule has 0 heterocycles. The first-order valence-corrected chi connectivity index (χ1v) is 7.17. The van der Waals surface area contributed by atoms with Gasteiger partial charge in [-0.05, 0) is 19.4 Å². The van der Waals surface area contributed by atoms with Gasteiger partial charge < -0.3 is 9.47 Å². The first kappa shape index (κ1) is 12.1. The van der Waals surface area contributed by atoms with E-state index in [4.69, 9.17) is 9.47 Å². The van der Waals surface area contributed by atoms with Crippen LogP contribution in [0, 0.1) is 0 Å². The van der Waals surface area contributed by atoms with Gasteiger partial charge in [0, 0.05) is 25.7 Å². The average Bonchev–Trinajstić information content (AvgIpc) is 2.04. The highest BCUT2D eigenvalue weighted by Gasteiger charge is 2.15. The summed E-state index contributed by atoms with van der Waals surface area (Å²) in [5.74, 6) is 0. The number of ether oxygens (including phenoxy) is 2. The molecule has 0 N–H and O–H groups in total. The molecule has 0 aromatic heterocycles. The molecular weight excluding hydrogens is 168 g/mol. The highest BCUT2D eigenvalue weighted by molar-refractivity contribution is 6.60. The van der Waals surface area contributed by atoms with Crippen molar-refractivity contribution in [2.45, 2.75) is 33.2 Å². The van der Waals surface area contributed by atoms with E-state index in [1.165, 1.54) is 0 Å². The lowest BCUT2D eigenvalue weighted by Gasteiger charge is -2.18. The predicted octanol–water partition coefficient (Wildman–Crippen LogP) is 1.77. The minimum Gasteiger partial charge on any atom is -0.385 e. The van der Waals surface area contributed by atoms with Crippen LogP contribution in [-0.4, -0.2) is 34.5 Å². The van der Waals surface area contributed by atoms with Crippen molar-refractivity contribution in [2.24, 2.45) is 0 Å². The minimum absolute atomic E-state index is 0.781. The normalized spacial score (nSPS) is 11.5. The molecule has 74 valence electrons. The molecule has 12 heavy (non-hydrogen) atoms. The summed E-state index contributed by atoms with van der Waals surface area (Å²) in [6.07, 6.45) is 1.93. The maximum atomic E-state index is 5.44. The van der Waals surface area contributed by atoms with Crippen LogP contribution in [0.1, 0.15) is 27.7 Å². The lowest BCUT2D eigenvalue weighted by molar-refractivity contribution is 0.166. The molecule has 0 aliphatic heterocycles. The summed E-state index contributed by atoms with van der Waals surface area (Å²) in [5.41, 5.74) is 0.781. The van der Waals surface area contributed by atoms with Gasteiger partial charge in [-0.3, -0.25) is 0 Å². The molecule has 0 bridgehead atoms.